The van der Waals surface area contributed by atoms with Crippen LogP contribution < -0.4 is 0 Å². The number of aliphatic hydroxyl groups excluding tert-OH is 1. The molecule has 0 radical (unpaired) electrons. The fourth-order valence-electron chi connectivity index (χ4n) is 3.49. The van der Waals surface area contributed by atoms with E-state index in [0.717, 1.165) is 38.9 Å². The van der Waals surface area contributed by atoms with E-state index in [1.165, 1.54) is 11.1 Å². The third kappa shape index (κ3) is 4.17. The van der Waals surface area contributed by atoms with E-state index in [1.54, 1.807) is 6.92 Å². The van der Waals surface area contributed by atoms with Gasteiger partial charge in [-0.2, -0.15) is 0 Å². The van der Waals surface area contributed by atoms with Gasteiger partial charge in [0, 0.05) is 12.5 Å². The first-order chi connectivity index (χ1) is 10.5. The first kappa shape index (κ1) is 17.2. The Labute approximate surface area is 134 Å². The Bertz CT molecular complexity index is 479. The van der Waals surface area contributed by atoms with Crippen LogP contribution >= 0.6 is 0 Å². The minimum Gasteiger partial charge on any atom is -0.392 e. The highest BCUT2D eigenvalue weighted by molar-refractivity contribution is 5.79. The van der Waals surface area contributed by atoms with Gasteiger partial charge in [-0.05, 0) is 56.3 Å². The quantitative estimate of drug-likeness (QED) is 0.876. The molecule has 1 aliphatic rings. The molecule has 0 heterocycles. The van der Waals surface area contributed by atoms with Gasteiger partial charge in [-0.25, -0.2) is 0 Å². The van der Waals surface area contributed by atoms with Crippen molar-refractivity contribution in [2.75, 3.05) is 13.1 Å². The van der Waals surface area contributed by atoms with Crippen molar-refractivity contribution >= 4 is 5.78 Å². The van der Waals surface area contributed by atoms with Crippen LogP contribution in [0.15, 0.2) is 24.3 Å². The van der Waals surface area contributed by atoms with E-state index in [4.69, 9.17) is 0 Å². The van der Waals surface area contributed by atoms with Gasteiger partial charge in [-0.3, -0.25) is 9.69 Å². The Morgan fingerprint density at radius 1 is 1.18 bits per heavy atom. The molecule has 3 unspecified atom stereocenters. The lowest BCUT2D eigenvalue weighted by molar-refractivity contribution is -0.125. The molecule has 1 aromatic carbocycles. The number of Topliss-reactive ketones (excluding diaryl/α,β-unsaturated/α-hetero) is 1. The molecule has 0 amide bonds. The molecule has 1 N–H and O–H groups in total. The van der Waals surface area contributed by atoms with Crippen LogP contribution in [0.3, 0.4) is 0 Å². The van der Waals surface area contributed by atoms with Gasteiger partial charge in [-0.1, -0.05) is 38.1 Å². The van der Waals surface area contributed by atoms with Crippen LogP contribution in [0.1, 0.15) is 57.1 Å². The van der Waals surface area contributed by atoms with E-state index in [2.05, 4.69) is 43.0 Å². The number of benzene rings is 1. The third-order valence-electron chi connectivity index (χ3n) is 5.09. The van der Waals surface area contributed by atoms with E-state index in [1.807, 2.05) is 0 Å². The summed E-state index contributed by atoms with van der Waals surface area (Å²) >= 11 is 0. The molecule has 3 heteroatoms. The SMILES string of the molecule is CCN(CC)Cc1ccc(C2CCC(O)C(C(C)=O)C2)cc1. The Morgan fingerprint density at radius 3 is 2.36 bits per heavy atom. The van der Waals surface area contributed by atoms with Crippen molar-refractivity contribution < 1.29 is 9.90 Å². The number of carbonyl (C=O) groups excluding carboxylic acids is 1. The van der Waals surface area contributed by atoms with Gasteiger partial charge in [0.05, 0.1) is 6.10 Å². The first-order valence-corrected chi connectivity index (χ1v) is 8.54. The van der Waals surface area contributed by atoms with Crippen LogP contribution in [0.5, 0.6) is 0 Å². The highest BCUT2D eigenvalue weighted by Crippen LogP contribution is 2.36. The zero-order valence-electron chi connectivity index (χ0n) is 14.1. The molecule has 1 aliphatic carbocycles. The lowest BCUT2D eigenvalue weighted by Crippen LogP contribution is -2.32. The molecule has 22 heavy (non-hydrogen) atoms. The molecule has 0 aliphatic heterocycles. The summed E-state index contributed by atoms with van der Waals surface area (Å²) in [6.45, 7) is 9.11. The number of hydrogen-bond donors (Lipinski definition) is 1. The van der Waals surface area contributed by atoms with Gasteiger partial charge >= 0.3 is 0 Å². The van der Waals surface area contributed by atoms with E-state index >= 15 is 0 Å². The number of ketones is 1. The van der Waals surface area contributed by atoms with E-state index in [-0.39, 0.29) is 11.7 Å². The molecule has 122 valence electrons. The van der Waals surface area contributed by atoms with Crippen LogP contribution in [-0.2, 0) is 11.3 Å². The minimum absolute atomic E-state index is 0.121. The van der Waals surface area contributed by atoms with Crippen LogP contribution in [-0.4, -0.2) is 35.0 Å². The first-order valence-electron chi connectivity index (χ1n) is 8.54. The molecular formula is C19H29NO2. The summed E-state index contributed by atoms with van der Waals surface area (Å²) in [7, 11) is 0. The number of nitrogens with zero attached hydrogens (tertiary/aromatic N) is 1. The van der Waals surface area contributed by atoms with Crippen molar-refractivity contribution in [3.05, 3.63) is 35.4 Å². The normalized spacial score (nSPS) is 25.4. The highest BCUT2D eigenvalue weighted by atomic mass is 16.3. The van der Waals surface area contributed by atoms with Crippen molar-refractivity contribution in [2.45, 2.75) is 58.6 Å². The molecule has 0 aromatic heterocycles. The number of aliphatic hydroxyl groups is 1. The lowest BCUT2D eigenvalue weighted by Gasteiger charge is -2.32. The number of rotatable bonds is 6. The molecule has 2 rings (SSSR count). The van der Waals surface area contributed by atoms with E-state index in [9.17, 15) is 9.90 Å². The largest absolute Gasteiger partial charge is 0.392 e. The molecule has 0 spiro atoms. The van der Waals surface area contributed by atoms with Gasteiger partial charge in [0.1, 0.15) is 5.78 Å². The van der Waals surface area contributed by atoms with Gasteiger partial charge in [0.15, 0.2) is 0 Å². The summed E-state index contributed by atoms with van der Waals surface area (Å²) in [5.74, 6) is 0.337. The molecule has 3 atom stereocenters. The average Bonchev–Trinajstić information content (AvgIpc) is 2.53. The average molecular weight is 303 g/mol. The van der Waals surface area contributed by atoms with Crippen molar-refractivity contribution in [2.24, 2.45) is 5.92 Å². The predicted molar refractivity (Wildman–Crippen MR) is 89.8 cm³/mol. The summed E-state index contributed by atoms with van der Waals surface area (Å²) < 4.78 is 0. The second kappa shape index (κ2) is 7.89. The fraction of sp³-hybridized carbons (Fsp3) is 0.632. The van der Waals surface area contributed by atoms with E-state index in [0.29, 0.717) is 5.92 Å². The van der Waals surface area contributed by atoms with Crippen LogP contribution in [0.2, 0.25) is 0 Å². The summed E-state index contributed by atoms with van der Waals surface area (Å²) in [6, 6.07) is 8.83. The molecule has 0 saturated heterocycles. The molecule has 1 fully saturated rings. The van der Waals surface area contributed by atoms with Gasteiger partial charge < -0.3 is 5.11 Å². The van der Waals surface area contributed by atoms with Crippen molar-refractivity contribution in [3.8, 4) is 0 Å². The minimum atomic E-state index is -0.448. The third-order valence-corrected chi connectivity index (χ3v) is 5.09. The van der Waals surface area contributed by atoms with Crippen LogP contribution in [0.4, 0.5) is 0 Å². The Balaban J connectivity index is 2.02. The smallest absolute Gasteiger partial charge is 0.135 e. The van der Waals surface area contributed by atoms with Gasteiger partial charge in [-0.15, -0.1) is 0 Å². The van der Waals surface area contributed by atoms with Crippen LogP contribution in [0, 0.1) is 5.92 Å². The molecule has 1 aromatic rings. The second-order valence-electron chi connectivity index (χ2n) is 6.50. The van der Waals surface area contributed by atoms with Crippen molar-refractivity contribution in [1.82, 2.24) is 4.90 Å². The van der Waals surface area contributed by atoms with Gasteiger partial charge in [0.25, 0.3) is 0 Å². The number of hydrogen-bond acceptors (Lipinski definition) is 3. The summed E-state index contributed by atoms with van der Waals surface area (Å²) in [4.78, 5) is 14.1. The fourth-order valence-corrected chi connectivity index (χ4v) is 3.49. The highest BCUT2D eigenvalue weighted by Gasteiger charge is 2.32. The second-order valence-corrected chi connectivity index (χ2v) is 6.50. The Kier molecular flexibility index (Phi) is 6.16. The Hall–Kier alpha value is -1.19. The summed E-state index contributed by atoms with van der Waals surface area (Å²) in [5, 5.41) is 9.98. The molecular weight excluding hydrogens is 274 g/mol. The monoisotopic (exact) mass is 303 g/mol. The maximum Gasteiger partial charge on any atom is 0.135 e. The predicted octanol–water partition coefficient (Wildman–Crippen LogP) is 3.36. The maximum absolute atomic E-state index is 11.7. The summed E-state index contributed by atoms with van der Waals surface area (Å²) in [6.07, 6.45) is 2.04. The zero-order valence-corrected chi connectivity index (χ0v) is 14.1. The summed E-state index contributed by atoms with van der Waals surface area (Å²) in [5.41, 5.74) is 2.65. The molecule has 1 saturated carbocycles. The topological polar surface area (TPSA) is 40.5 Å². The lowest BCUT2D eigenvalue weighted by atomic mass is 9.75. The maximum atomic E-state index is 11.7. The molecule has 3 nitrogen and oxygen atoms in total. The van der Waals surface area contributed by atoms with E-state index < -0.39 is 6.10 Å². The van der Waals surface area contributed by atoms with Gasteiger partial charge in [0.2, 0.25) is 0 Å². The Morgan fingerprint density at radius 2 is 1.82 bits per heavy atom. The zero-order chi connectivity index (χ0) is 16.1. The molecule has 0 bridgehead atoms. The van der Waals surface area contributed by atoms with Crippen molar-refractivity contribution in [1.29, 1.82) is 0 Å². The van der Waals surface area contributed by atoms with Crippen LogP contribution in [0.25, 0.3) is 0 Å². The standard InChI is InChI=1S/C19H29NO2/c1-4-20(5-2)13-15-6-8-16(9-7-15)17-10-11-19(22)18(12-17)14(3)21/h6-9,17-19,22H,4-5,10-13H2,1-3H3. The van der Waals surface area contributed by atoms with Crippen molar-refractivity contribution in [3.63, 3.8) is 0 Å². The number of carbonyl (C=O) groups is 1.